The minimum Gasteiger partial charge on any atom is -0.462 e. The molecule has 222 valence electrons. The molecule has 4 aliphatic carbocycles. The van der Waals surface area contributed by atoms with Crippen LogP contribution in [0.5, 0.6) is 0 Å². The van der Waals surface area contributed by atoms with Gasteiger partial charge in [-0.15, -0.1) is 0 Å². The van der Waals surface area contributed by atoms with E-state index >= 15 is 0 Å². The van der Waals surface area contributed by atoms with Gasteiger partial charge in [0.05, 0.1) is 5.60 Å². The van der Waals surface area contributed by atoms with Gasteiger partial charge in [-0.2, -0.15) is 0 Å². The summed E-state index contributed by atoms with van der Waals surface area (Å²) in [6, 6.07) is 0.282. The lowest BCUT2D eigenvalue weighted by Crippen LogP contribution is -2.63. The summed E-state index contributed by atoms with van der Waals surface area (Å²) in [6.45, 7) is 9.62. The number of carbonyl (C=O) groups excluding carboxylic acids is 3. The summed E-state index contributed by atoms with van der Waals surface area (Å²) in [5.74, 6) is 0.0826. The SMILES string of the molecule is CC(=O)OC1CC2(O)C3CCC4CC(NC(=O)N5CCN(C)CC5)CCC4(C)C3CCC2(C)C1C1=CC(=O)OC1. The third-order valence-electron chi connectivity index (χ3n) is 12.4. The highest BCUT2D eigenvalue weighted by molar-refractivity contribution is 5.85. The molecule has 0 spiro atoms. The van der Waals surface area contributed by atoms with Crippen molar-refractivity contribution in [2.75, 3.05) is 39.8 Å². The van der Waals surface area contributed by atoms with E-state index in [-0.39, 0.29) is 47.9 Å². The van der Waals surface area contributed by atoms with Crippen LogP contribution < -0.4 is 5.32 Å². The summed E-state index contributed by atoms with van der Waals surface area (Å²) in [6.07, 6.45) is 8.32. The van der Waals surface area contributed by atoms with E-state index < -0.39 is 17.1 Å². The number of carbonyl (C=O) groups is 3. The third-order valence-corrected chi connectivity index (χ3v) is 12.4. The summed E-state index contributed by atoms with van der Waals surface area (Å²) in [7, 11) is 2.10. The second kappa shape index (κ2) is 10.0. The van der Waals surface area contributed by atoms with Crippen molar-refractivity contribution >= 4 is 18.0 Å². The second-order valence-corrected chi connectivity index (χ2v) is 14.2. The molecule has 4 saturated carbocycles. The van der Waals surface area contributed by atoms with Crippen molar-refractivity contribution in [1.29, 1.82) is 0 Å². The lowest BCUT2D eigenvalue weighted by molar-refractivity contribution is -0.204. The van der Waals surface area contributed by atoms with Crippen LogP contribution in [0.3, 0.4) is 0 Å². The van der Waals surface area contributed by atoms with Crippen LogP contribution in [0.4, 0.5) is 4.79 Å². The predicted molar refractivity (Wildman–Crippen MR) is 148 cm³/mol. The molecule has 9 atom stereocenters. The van der Waals surface area contributed by atoms with E-state index in [1.807, 2.05) is 4.90 Å². The Balaban J connectivity index is 1.19. The summed E-state index contributed by atoms with van der Waals surface area (Å²) in [5, 5.41) is 16.0. The maximum absolute atomic E-state index is 13.0. The van der Waals surface area contributed by atoms with Crippen LogP contribution >= 0.6 is 0 Å². The van der Waals surface area contributed by atoms with Crippen molar-refractivity contribution in [2.24, 2.45) is 34.5 Å². The molecule has 0 aromatic heterocycles. The molecule has 9 unspecified atom stereocenters. The first-order valence-electron chi connectivity index (χ1n) is 15.5. The van der Waals surface area contributed by atoms with Gasteiger partial charge in [0, 0.05) is 63.0 Å². The fourth-order valence-corrected chi connectivity index (χ4v) is 10.2. The Bertz CT molecular complexity index is 1090. The average Bonchev–Trinajstić information content (AvgIpc) is 3.41. The Kier molecular flexibility index (Phi) is 7.00. The highest BCUT2D eigenvalue weighted by atomic mass is 16.5. The Morgan fingerprint density at radius 2 is 1.82 bits per heavy atom. The van der Waals surface area contributed by atoms with Gasteiger partial charge in [-0.05, 0) is 80.7 Å². The van der Waals surface area contributed by atoms with Gasteiger partial charge in [0.25, 0.3) is 0 Å². The van der Waals surface area contributed by atoms with Crippen molar-refractivity contribution in [3.63, 3.8) is 0 Å². The molecule has 40 heavy (non-hydrogen) atoms. The number of fused-ring (bicyclic) bond motifs is 5. The number of nitrogens with one attached hydrogen (secondary N) is 1. The molecule has 2 aliphatic heterocycles. The van der Waals surface area contributed by atoms with E-state index in [9.17, 15) is 19.5 Å². The first kappa shape index (κ1) is 28.0. The Labute approximate surface area is 238 Å². The van der Waals surface area contributed by atoms with Crippen molar-refractivity contribution in [3.8, 4) is 0 Å². The molecule has 5 fully saturated rings. The van der Waals surface area contributed by atoms with Gasteiger partial charge in [-0.1, -0.05) is 13.8 Å². The largest absolute Gasteiger partial charge is 0.462 e. The van der Waals surface area contributed by atoms with Crippen LogP contribution in [0.25, 0.3) is 0 Å². The summed E-state index contributed by atoms with van der Waals surface area (Å²) in [4.78, 5) is 41.4. The van der Waals surface area contributed by atoms with Crippen LogP contribution in [0.2, 0.25) is 0 Å². The van der Waals surface area contributed by atoms with Gasteiger partial charge in [-0.25, -0.2) is 9.59 Å². The zero-order valence-electron chi connectivity index (χ0n) is 24.6. The minimum atomic E-state index is -0.979. The Morgan fingerprint density at radius 1 is 1.07 bits per heavy atom. The van der Waals surface area contributed by atoms with Gasteiger partial charge in [0.2, 0.25) is 0 Å². The number of cyclic esters (lactones) is 1. The van der Waals surface area contributed by atoms with Crippen LogP contribution in [-0.2, 0) is 19.1 Å². The maximum Gasteiger partial charge on any atom is 0.331 e. The monoisotopic (exact) mass is 557 g/mol. The molecule has 6 aliphatic rings. The quantitative estimate of drug-likeness (QED) is 0.514. The first-order valence-corrected chi connectivity index (χ1v) is 15.5. The number of aliphatic hydroxyl groups is 1. The average molecular weight is 558 g/mol. The predicted octanol–water partition coefficient (Wildman–Crippen LogP) is 3.11. The van der Waals surface area contributed by atoms with Crippen molar-refractivity contribution in [1.82, 2.24) is 15.1 Å². The van der Waals surface area contributed by atoms with E-state index in [1.54, 1.807) is 6.08 Å². The fraction of sp³-hybridized carbons (Fsp3) is 0.839. The third kappa shape index (κ3) is 4.37. The summed E-state index contributed by atoms with van der Waals surface area (Å²) < 4.78 is 11.1. The molecule has 2 N–H and O–H groups in total. The maximum atomic E-state index is 13.0. The number of piperazine rings is 1. The standard InChI is InChI=1S/C31H47N3O6/c1-19(35)40-25-17-31(38)24-6-5-21-16-22(32-28(37)34-13-11-33(4)12-14-34)7-9-29(21,2)23(24)8-10-30(31,3)27(25)20-15-26(36)39-18-20/h15,21-25,27,38H,5-14,16-18H2,1-4H3,(H,32,37). The number of amides is 2. The van der Waals surface area contributed by atoms with Crippen molar-refractivity contribution in [2.45, 2.75) is 89.9 Å². The topological polar surface area (TPSA) is 108 Å². The highest BCUT2D eigenvalue weighted by Gasteiger charge is 2.71. The van der Waals surface area contributed by atoms with Gasteiger partial charge in [0.1, 0.15) is 12.7 Å². The second-order valence-electron chi connectivity index (χ2n) is 14.2. The van der Waals surface area contributed by atoms with E-state index in [4.69, 9.17) is 9.47 Å². The lowest BCUT2D eigenvalue weighted by atomic mass is 9.43. The molecule has 9 nitrogen and oxygen atoms in total. The Morgan fingerprint density at radius 3 is 2.50 bits per heavy atom. The molecule has 9 heteroatoms. The molecular weight excluding hydrogens is 510 g/mol. The highest BCUT2D eigenvalue weighted by Crippen LogP contribution is 2.70. The zero-order chi connectivity index (χ0) is 28.4. The number of hydrogen-bond donors (Lipinski definition) is 2. The number of hydrogen-bond acceptors (Lipinski definition) is 7. The van der Waals surface area contributed by atoms with E-state index in [0.29, 0.717) is 18.3 Å². The van der Waals surface area contributed by atoms with Gasteiger partial charge in [-0.3, -0.25) is 4.79 Å². The molecule has 6 rings (SSSR count). The molecule has 0 aromatic rings. The molecular formula is C31H47N3O6. The van der Waals surface area contributed by atoms with Crippen molar-refractivity contribution in [3.05, 3.63) is 11.6 Å². The Hall–Kier alpha value is -2.13. The molecule has 2 heterocycles. The van der Waals surface area contributed by atoms with E-state index in [1.165, 1.54) is 6.92 Å². The van der Waals surface area contributed by atoms with Gasteiger partial charge < -0.3 is 29.7 Å². The van der Waals surface area contributed by atoms with E-state index in [0.717, 1.165) is 76.7 Å². The van der Waals surface area contributed by atoms with Crippen LogP contribution in [-0.4, -0.2) is 90.5 Å². The lowest BCUT2D eigenvalue weighted by Gasteiger charge is -2.63. The van der Waals surface area contributed by atoms with Gasteiger partial charge in [0.15, 0.2) is 0 Å². The molecule has 1 saturated heterocycles. The zero-order valence-corrected chi connectivity index (χ0v) is 24.6. The summed E-state index contributed by atoms with van der Waals surface area (Å²) in [5.41, 5.74) is -0.515. The van der Waals surface area contributed by atoms with Crippen LogP contribution in [0.15, 0.2) is 11.6 Å². The van der Waals surface area contributed by atoms with E-state index in [2.05, 4.69) is 31.1 Å². The normalized spacial score (nSPS) is 45.1. The van der Waals surface area contributed by atoms with Crippen LogP contribution in [0, 0.1) is 34.5 Å². The minimum absolute atomic E-state index is 0.0790. The van der Waals surface area contributed by atoms with Crippen molar-refractivity contribution < 1.29 is 29.0 Å². The summed E-state index contributed by atoms with van der Waals surface area (Å²) >= 11 is 0. The molecule has 0 radical (unpaired) electrons. The number of esters is 2. The number of urea groups is 1. The number of ether oxygens (including phenoxy) is 2. The number of rotatable bonds is 3. The van der Waals surface area contributed by atoms with Crippen LogP contribution in [0.1, 0.15) is 72.1 Å². The smallest absolute Gasteiger partial charge is 0.331 e. The fourth-order valence-electron chi connectivity index (χ4n) is 10.2. The molecule has 0 bridgehead atoms. The first-order chi connectivity index (χ1) is 18.9. The number of likely N-dealkylation sites (N-methyl/N-ethyl adjacent to an activating group) is 1. The number of nitrogens with zero attached hydrogens (tertiary/aromatic N) is 2. The molecule has 0 aromatic carbocycles. The molecule has 2 amide bonds. The van der Waals surface area contributed by atoms with Gasteiger partial charge >= 0.3 is 18.0 Å².